The molecule has 1 aliphatic heterocycles. The van der Waals surface area contributed by atoms with Crippen molar-refractivity contribution in [1.82, 2.24) is 4.72 Å². The summed E-state index contributed by atoms with van der Waals surface area (Å²) in [4.78, 5) is 27.1. The Morgan fingerprint density at radius 3 is 2.46 bits per heavy atom. The molecule has 0 bridgehead atoms. The summed E-state index contributed by atoms with van der Waals surface area (Å²) in [5, 5.41) is 2.77. The van der Waals surface area contributed by atoms with Crippen LogP contribution in [0.1, 0.15) is 39.2 Å². The molecular formula is C25H33N3O6S. The molecule has 9 nitrogen and oxygen atoms in total. The van der Waals surface area contributed by atoms with Gasteiger partial charge in [-0.1, -0.05) is 20.8 Å². The molecule has 3 rings (SSSR count). The first-order valence-corrected chi connectivity index (χ1v) is 13.1. The maximum absolute atomic E-state index is 13.3. The summed E-state index contributed by atoms with van der Waals surface area (Å²) >= 11 is 0. The van der Waals surface area contributed by atoms with E-state index in [2.05, 4.69) is 10.0 Å². The first-order valence-electron chi connectivity index (χ1n) is 11.6. The lowest BCUT2D eigenvalue weighted by Gasteiger charge is -2.21. The third-order valence-electron chi connectivity index (χ3n) is 5.85. The number of anilines is 2. The third-order valence-corrected chi connectivity index (χ3v) is 7.32. The van der Waals surface area contributed by atoms with Crippen LogP contribution in [0, 0.1) is 5.92 Å². The highest BCUT2D eigenvalue weighted by molar-refractivity contribution is 7.89. The number of nitrogens with one attached hydrogen (secondary N) is 2. The number of carbonyl (C=O) groups excluding carboxylic acids is 2. The molecule has 1 atom stereocenters. The van der Waals surface area contributed by atoms with E-state index in [1.165, 1.54) is 20.3 Å². The van der Waals surface area contributed by atoms with Crippen molar-refractivity contribution in [3.63, 3.8) is 0 Å². The summed E-state index contributed by atoms with van der Waals surface area (Å²) in [7, 11) is -1.01. The summed E-state index contributed by atoms with van der Waals surface area (Å²) in [6, 6.07) is 8.67. The number of hydrogen-bond donors (Lipinski definition) is 2. The van der Waals surface area contributed by atoms with Crippen molar-refractivity contribution < 1.29 is 27.5 Å². The van der Waals surface area contributed by atoms with E-state index in [9.17, 15) is 18.0 Å². The van der Waals surface area contributed by atoms with Crippen LogP contribution in [0.4, 0.5) is 11.4 Å². The maximum Gasteiger partial charge on any atom is 0.242 e. The van der Waals surface area contributed by atoms with Gasteiger partial charge in [0.1, 0.15) is 17.5 Å². The highest BCUT2D eigenvalue weighted by atomic mass is 32.2. The number of sulfonamides is 1. The lowest BCUT2D eigenvalue weighted by atomic mass is 10.0. The minimum absolute atomic E-state index is 0.000814. The van der Waals surface area contributed by atoms with E-state index in [1.54, 1.807) is 42.2 Å². The number of hydrogen-bond acceptors (Lipinski definition) is 6. The van der Waals surface area contributed by atoms with E-state index in [0.717, 1.165) is 11.3 Å². The molecular weight excluding hydrogens is 470 g/mol. The molecule has 2 amide bonds. The molecule has 190 valence electrons. The van der Waals surface area contributed by atoms with Crippen LogP contribution in [0.25, 0.3) is 0 Å². The van der Waals surface area contributed by atoms with Crippen LogP contribution in [0.3, 0.4) is 0 Å². The van der Waals surface area contributed by atoms with Crippen LogP contribution < -0.4 is 24.4 Å². The average Bonchev–Trinajstić information content (AvgIpc) is 3.26. The van der Waals surface area contributed by atoms with Gasteiger partial charge in [-0.3, -0.25) is 9.59 Å². The smallest absolute Gasteiger partial charge is 0.242 e. The highest BCUT2D eigenvalue weighted by Crippen LogP contribution is 2.31. The van der Waals surface area contributed by atoms with Crippen LogP contribution in [-0.2, 0) is 26.0 Å². The average molecular weight is 504 g/mol. The molecule has 0 saturated heterocycles. The number of methoxy groups -OCH3 is 2. The van der Waals surface area contributed by atoms with Crippen molar-refractivity contribution in [2.75, 3.05) is 31.0 Å². The van der Waals surface area contributed by atoms with Crippen molar-refractivity contribution in [2.45, 2.75) is 51.0 Å². The van der Waals surface area contributed by atoms with Gasteiger partial charge in [0.15, 0.2) is 0 Å². The molecule has 0 fully saturated rings. The fraction of sp³-hybridized carbons (Fsp3) is 0.440. The minimum atomic E-state index is -4.01. The molecule has 35 heavy (non-hydrogen) atoms. The molecule has 1 heterocycles. The zero-order valence-corrected chi connectivity index (χ0v) is 21.6. The van der Waals surface area contributed by atoms with E-state index in [1.807, 2.05) is 13.8 Å². The summed E-state index contributed by atoms with van der Waals surface area (Å²) in [5.74, 6) is 0.494. The van der Waals surface area contributed by atoms with Gasteiger partial charge in [-0.15, -0.1) is 0 Å². The standard InChI is InChI=1S/C25H33N3O6S/c1-6-24(29)28-12-11-17-14-19(8-9-22(17)28)35(31,32)27-21(13-16(2)3)25(30)26-20-15-18(33-4)7-10-23(20)34-5/h7-10,14-16,21,27H,6,11-13H2,1-5H3,(H,26,30)/t21-/m1/s1. The third kappa shape index (κ3) is 6.12. The zero-order valence-electron chi connectivity index (χ0n) is 20.8. The molecule has 1 aliphatic rings. The Kier molecular flexibility index (Phi) is 8.39. The lowest BCUT2D eigenvalue weighted by Crippen LogP contribution is -2.44. The van der Waals surface area contributed by atoms with Gasteiger partial charge in [-0.25, -0.2) is 8.42 Å². The second-order valence-corrected chi connectivity index (χ2v) is 10.5. The second-order valence-electron chi connectivity index (χ2n) is 8.80. The molecule has 0 saturated carbocycles. The van der Waals surface area contributed by atoms with Crippen molar-refractivity contribution in [1.29, 1.82) is 0 Å². The highest BCUT2D eigenvalue weighted by Gasteiger charge is 2.30. The SMILES string of the molecule is CCC(=O)N1CCc2cc(S(=O)(=O)N[C@H](CC(C)C)C(=O)Nc3cc(OC)ccc3OC)ccc21. The molecule has 0 unspecified atom stereocenters. The predicted molar refractivity (Wildman–Crippen MR) is 135 cm³/mol. The molecule has 2 aromatic rings. The van der Waals surface area contributed by atoms with Gasteiger partial charge in [0.05, 0.1) is 24.8 Å². The number of benzene rings is 2. The summed E-state index contributed by atoms with van der Waals surface area (Å²) in [5.41, 5.74) is 1.90. The Morgan fingerprint density at radius 1 is 1.09 bits per heavy atom. The Labute approximate surface area is 206 Å². The summed E-state index contributed by atoms with van der Waals surface area (Å²) in [6.45, 7) is 6.15. The minimum Gasteiger partial charge on any atom is -0.497 e. The van der Waals surface area contributed by atoms with E-state index < -0.39 is 22.0 Å². The van der Waals surface area contributed by atoms with Gasteiger partial charge in [0, 0.05) is 24.7 Å². The fourth-order valence-electron chi connectivity index (χ4n) is 4.06. The molecule has 0 aliphatic carbocycles. The maximum atomic E-state index is 13.3. The zero-order chi connectivity index (χ0) is 25.8. The van der Waals surface area contributed by atoms with Crippen LogP contribution in [-0.4, -0.2) is 47.0 Å². The first kappa shape index (κ1) is 26.5. The van der Waals surface area contributed by atoms with E-state index in [4.69, 9.17) is 9.47 Å². The molecule has 0 spiro atoms. The Hall–Kier alpha value is -3.11. The Bertz CT molecular complexity index is 1200. The number of ether oxygens (including phenoxy) is 2. The number of amides is 2. The molecule has 2 aromatic carbocycles. The fourth-order valence-corrected chi connectivity index (χ4v) is 5.32. The van der Waals surface area contributed by atoms with Gasteiger partial charge >= 0.3 is 0 Å². The Balaban J connectivity index is 1.84. The summed E-state index contributed by atoms with van der Waals surface area (Å²) in [6.07, 6.45) is 1.25. The lowest BCUT2D eigenvalue weighted by molar-refractivity contribution is -0.118. The van der Waals surface area contributed by atoms with Gasteiger partial charge in [0.2, 0.25) is 21.8 Å². The van der Waals surface area contributed by atoms with Crippen molar-refractivity contribution in [3.05, 3.63) is 42.0 Å². The Morgan fingerprint density at radius 2 is 1.83 bits per heavy atom. The molecule has 10 heteroatoms. The number of carbonyl (C=O) groups is 2. The van der Waals surface area contributed by atoms with Gasteiger partial charge in [-0.2, -0.15) is 4.72 Å². The predicted octanol–water partition coefficient (Wildman–Crippen LogP) is 3.33. The molecule has 0 radical (unpaired) electrons. The topological polar surface area (TPSA) is 114 Å². The summed E-state index contributed by atoms with van der Waals surface area (Å²) < 4.78 is 39.6. The van der Waals surface area contributed by atoms with E-state index in [-0.39, 0.29) is 16.7 Å². The number of nitrogens with zero attached hydrogens (tertiary/aromatic N) is 1. The second kappa shape index (κ2) is 11.1. The molecule has 0 aromatic heterocycles. The van der Waals surface area contributed by atoms with Gasteiger partial charge < -0.3 is 19.7 Å². The van der Waals surface area contributed by atoms with Crippen LogP contribution in [0.2, 0.25) is 0 Å². The van der Waals surface area contributed by atoms with Gasteiger partial charge in [0.25, 0.3) is 0 Å². The quantitative estimate of drug-likeness (QED) is 0.514. The molecule has 2 N–H and O–H groups in total. The van der Waals surface area contributed by atoms with Crippen LogP contribution >= 0.6 is 0 Å². The van der Waals surface area contributed by atoms with Crippen molar-refractivity contribution in [3.8, 4) is 11.5 Å². The van der Waals surface area contributed by atoms with Crippen LogP contribution in [0.15, 0.2) is 41.3 Å². The van der Waals surface area contributed by atoms with Gasteiger partial charge in [-0.05, 0) is 54.7 Å². The number of fused-ring (bicyclic) bond motifs is 1. The monoisotopic (exact) mass is 503 g/mol. The normalized spacial score (nSPS) is 13.9. The largest absolute Gasteiger partial charge is 0.497 e. The number of rotatable bonds is 10. The van der Waals surface area contributed by atoms with E-state index in [0.29, 0.717) is 43.0 Å². The van der Waals surface area contributed by atoms with Crippen LogP contribution in [0.5, 0.6) is 11.5 Å². The van der Waals surface area contributed by atoms with Crippen molar-refractivity contribution in [2.24, 2.45) is 5.92 Å². The first-order chi connectivity index (χ1) is 16.6. The van der Waals surface area contributed by atoms with Crippen molar-refractivity contribution >= 4 is 33.2 Å². The van der Waals surface area contributed by atoms with E-state index >= 15 is 0 Å².